The summed E-state index contributed by atoms with van der Waals surface area (Å²) in [6, 6.07) is 15.5. The van der Waals surface area contributed by atoms with Gasteiger partial charge in [0.15, 0.2) is 6.10 Å². The van der Waals surface area contributed by atoms with E-state index in [0.717, 1.165) is 16.8 Å². The van der Waals surface area contributed by atoms with Crippen LogP contribution in [0.4, 0.5) is 5.69 Å². The van der Waals surface area contributed by atoms with Crippen LogP contribution in [0.3, 0.4) is 0 Å². The second kappa shape index (κ2) is 7.38. The van der Waals surface area contributed by atoms with Crippen LogP contribution in [0.2, 0.25) is 0 Å². The number of hydrogen-bond donors (Lipinski definition) is 1. The minimum Gasteiger partial charge on any atom is -0.479 e. The summed E-state index contributed by atoms with van der Waals surface area (Å²) < 4.78 is 5.65. The lowest BCUT2D eigenvalue weighted by atomic mass is 10.1. The SMILES string of the molecule is Cc1ccc2c(c1)N(CCC(=O)NCc1ccccc1)C(=O)[C@@H](C)O2. The number of rotatable bonds is 5. The number of benzene rings is 2. The lowest BCUT2D eigenvalue weighted by molar-refractivity contribution is -0.125. The molecule has 130 valence electrons. The lowest BCUT2D eigenvalue weighted by Gasteiger charge is -2.33. The van der Waals surface area contributed by atoms with Crippen molar-refractivity contribution in [2.24, 2.45) is 0 Å². The molecule has 5 heteroatoms. The largest absolute Gasteiger partial charge is 0.479 e. The highest BCUT2D eigenvalue weighted by molar-refractivity contribution is 6.00. The fraction of sp³-hybridized carbons (Fsp3) is 0.300. The molecule has 2 aromatic rings. The van der Waals surface area contributed by atoms with E-state index in [0.29, 0.717) is 18.8 Å². The first-order chi connectivity index (χ1) is 12.0. The maximum atomic E-state index is 12.5. The molecule has 0 radical (unpaired) electrons. The average Bonchev–Trinajstić information content (AvgIpc) is 2.62. The number of anilines is 1. The Balaban J connectivity index is 1.63. The van der Waals surface area contributed by atoms with Gasteiger partial charge in [0.25, 0.3) is 5.91 Å². The summed E-state index contributed by atoms with van der Waals surface area (Å²) in [7, 11) is 0. The minimum absolute atomic E-state index is 0.0787. The average molecular weight is 338 g/mol. The first kappa shape index (κ1) is 17.0. The van der Waals surface area contributed by atoms with E-state index >= 15 is 0 Å². The van der Waals surface area contributed by atoms with Crippen molar-refractivity contribution in [1.29, 1.82) is 0 Å². The predicted molar refractivity (Wildman–Crippen MR) is 96.5 cm³/mol. The summed E-state index contributed by atoms with van der Waals surface area (Å²) in [5.74, 6) is 0.487. The van der Waals surface area contributed by atoms with Gasteiger partial charge in [0, 0.05) is 19.5 Å². The van der Waals surface area contributed by atoms with Crippen LogP contribution in [0.15, 0.2) is 48.5 Å². The van der Waals surface area contributed by atoms with Gasteiger partial charge in [-0.1, -0.05) is 36.4 Å². The molecular formula is C20H22N2O3. The first-order valence-corrected chi connectivity index (χ1v) is 8.44. The molecule has 1 aliphatic heterocycles. The fourth-order valence-corrected chi connectivity index (χ4v) is 2.85. The van der Waals surface area contributed by atoms with Crippen molar-refractivity contribution in [3.63, 3.8) is 0 Å². The number of amides is 2. The Kier molecular flexibility index (Phi) is 5.03. The van der Waals surface area contributed by atoms with E-state index in [2.05, 4.69) is 5.32 Å². The van der Waals surface area contributed by atoms with Gasteiger partial charge < -0.3 is 15.0 Å². The van der Waals surface area contributed by atoms with E-state index < -0.39 is 6.10 Å². The van der Waals surface area contributed by atoms with E-state index in [1.165, 1.54) is 0 Å². The molecule has 25 heavy (non-hydrogen) atoms. The fourth-order valence-electron chi connectivity index (χ4n) is 2.85. The third-order valence-corrected chi connectivity index (χ3v) is 4.22. The normalized spacial score (nSPS) is 16.2. The molecule has 5 nitrogen and oxygen atoms in total. The molecule has 0 spiro atoms. The molecule has 0 fully saturated rings. The molecule has 0 bridgehead atoms. The number of aryl methyl sites for hydroxylation is 1. The summed E-state index contributed by atoms with van der Waals surface area (Å²) in [5, 5.41) is 2.89. The quantitative estimate of drug-likeness (QED) is 0.912. The number of carbonyl (C=O) groups is 2. The molecule has 1 atom stereocenters. The van der Waals surface area contributed by atoms with Crippen molar-refractivity contribution < 1.29 is 14.3 Å². The topological polar surface area (TPSA) is 58.6 Å². The van der Waals surface area contributed by atoms with E-state index in [1.807, 2.05) is 55.5 Å². The summed E-state index contributed by atoms with van der Waals surface area (Å²) in [6.07, 6.45) is -0.291. The van der Waals surface area contributed by atoms with Gasteiger partial charge in [-0.05, 0) is 37.1 Å². The van der Waals surface area contributed by atoms with Gasteiger partial charge in [0.2, 0.25) is 5.91 Å². The highest BCUT2D eigenvalue weighted by atomic mass is 16.5. The third-order valence-electron chi connectivity index (χ3n) is 4.22. The molecule has 1 aliphatic rings. The molecule has 1 heterocycles. The minimum atomic E-state index is -0.539. The summed E-state index contributed by atoms with van der Waals surface area (Å²) in [5.41, 5.74) is 2.83. The number of nitrogens with zero attached hydrogens (tertiary/aromatic N) is 1. The lowest BCUT2D eigenvalue weighted by Crippen LogP contribution is -2.45. The Morgan fingerprint density at radius 3 is 2.72 bits per heavy atom. The Morgan fingerprint density at radius 1 is 1.20 bits per heavy atom. The van der Waals surface area contributed by atoms with Crippen LogP contribution in [-0.4, -0.2) is 24.5 Å². The van der Waals surface area contributed by atoms with Gasteiger partial charge in [-0.3, -0.25) is 9.59 Å². The molecule has 0 unspecified atom stereocenters. The van der Waals surface area contributed by atoms with Crippen LogP contribution >= 0.6 is 0 Å². The van der Waals surface area contributed by atoms with Crippen LogP contribution in [-0.2, 0) is 16.1 Å². The molecule has 0 aliphatic carbocycles. The van der Waals surface area contributed by atoms with Crippen LogP contribution in [0, 0.1) is 6.92 Å². The van der Waals surface area contributed by atoms with Crippen molar-refractivity contribution in [3.8, 4) is 5.75 Å². The molecule has 0 saturated carbocycles. The maximum absolute atomic E-state index is 12.5. The van der Waals surface area contributed by atoms with Gasteiger partial charge in [0.05, 0.1) is 5.69 Å². The number of nitrogens with one attached hydrogen (secondary N) is 1. The zero-order valence-corrected chi connectivity index (χ0v) is 14.5. The number of fused-ring (bicyclic) bond motifs is 1. The second-order valence-electron chi connectivity index (χ2n) is 6.23. The molecule has 0 saturated heterocycles. The first-order valence-electron chi connectivity index (χ1n) is 8.44. The van der Waals surface area contributed by atoms with Crippen molar-refractivity contribution in [1.82, 2.24) is 5.32 Å². The van der Waals surface area contributed by atoms with Gasteiger partial charge >= 0.3 is 0 Å². The van der Waals surface area contributed by atoms with E-state index in [1.54, 1.807) is 11.8 Å². The van der Waals surface area contributed by atoms with Crippen LogP contribution in [0.25, 0.3) is 0 Å². The number of ether oxygens (including phenoxy) is 1. The maximum Gasteiger partial charge on any atom is 0.267 e. The third kappa shape index (κ3) is 3.99. The molecular weight excluding hydrogens is 316 g/mol. The van der Waals surface area contributed by atoms with Crippen molar-refractivity contribution in [2.75, 3.05) is 11.4 Å². The van der Waals surface area contributed by atoms with Crippen LogP contribution in [0.5, 0.6) is 5.75 Å². The van der Waals surface area contributed by atoms with Gasteiger partial charge in [-0.25, -0.2) is 0 Å². The molecule has 0 aromatic heterocycles. The Bertz CT molecular complexity index is 774. The van der Waals surface area contributed by atoms with E-state index in [9.17, 15) is 9.59 Å². The van der Waals surface area contributed by atoms with E-state index in [-0.39, 0.29) is 18.2 Å². The van der Waals surface area contributed by atoms with Gasteiger partial charge in [0.1, 0.15) is 5.75 Å². The summed E-state index contributed by atoms with van der Waals surface area (Å²) >= 11 is 0. The molecule has 1 N–H and O–H groups in total. The standard InChI is InChI=1S/C20H22N2O3/c1-14-8-9-18-17(12-14)22(20(24)15(2)25-18)11-10-19(23)21-13-16-6-4-3-5-7-16/h3-9,12,15H,10-11,13H2,1-2H3,(H,21,23)/t15-/m1/s1. The van der Waals surface area contributed by atoms with E-state index in [4.69, 9.17) is 4.74 Å². The van der Waals surface area contributed by atoms with Crippen molar-refractivity contribution in [2.45, 2.75) is 32.9 Å². The van der Waals surface area contributed by atoms with Crippen molar-refractivity contribution in [3.05, 3.63) is 59.7 Å². The molecule has 3 rings (SSSR count). The molecule has 2 amide bonds. The summed E-state index contributed by atoms with van der Waals surface area (Å²) in [4.78, 5) is 26.3. The van der Waals surface area contributed by atoms with Crippen molar-refractivity contribution >= 4 is 17.5 Å². The smallest absolute Gasteiger partial charge is 0.267 e. The molecule has 2 aromatic carbocycles. The van der Waals surface area contributed by atoms with Crippen LogP contribution in [0.1, 0.15) is 24.5 Å². The zero-order chi connectivity index (χ0) is 17.8. The van der Waals surface area contributed by atoms with Crippen LogP contribution < -0.4 is 15.0 Å². The highest BCUT2D eigenvalue weighted by Gasteiger charge is 2.31. The van der Waals surface area contributed by atoms with Gasteiger partial charge in [-0.15, -0.1) is 0 Å². The predicted octanol–water partition coefficient (Wildman–Crippen LogP) is 2.82. The Hall–Kier alpha value is -2.82. The number of hydrogen-bond acceptors (Lipinski definition) is 3. The zero-order valence-electron chi connectivity index (χ0n) is 14.5. The summed E-state index contributed by atoms with van der Waals surface area (Å²) in [6.45, 7) is 4.52. The highest BCUT2D eigenvalue weighted by Crippen LogP contribution is 2.34. The monoisotopic (exact) mass is 338 g/mol. The second-order valence-corrected chi connectivity index (χ2v) is 6.23. The number of carbonyl (C=O) groups excluding carboxylic acids is 2. The van der Waals surface area contributed by atoms with Gasteiger partial charge in [-0.2, -0.15) is 0 Å². The Labute approximate surface area is 147 Å². The Morgan fingerprint density at radius 2 is 1.96 bits per heavy atom.